The highest BCUT2D eigenvalue weighted by molar-refractivity contribution is 14.1. The number of nitrogens with zero attached hydrogens (tertiary/aromatic N) is 2. The van der Waals surface area contributed by atoms with Gasteiger partial charge in [0.2, 0.25) is 0 Å². The standard InChI is InChI=1S/C23H28IN3O2/c1-6-27-20-10-7-16(11-18(20)15(2)13-23(27,3)4)14-25-26-22(28)17-8-9-19(24)21(12-17)29-5/h7-12,14-15H,6,13H2,1-5H3,(H,26,28)/b25-14+/t15-/m0/s1. The normalized spacial score (nSPS) is 17.9. The van der Waals surface area contributed by atoms with Gasteiger partial charge in [-0.1, -0.05) is 13.0 Å². The van der Waals surface area contributed by atoms with Crippen molar-refractivity contribution in [3.05, 3.63) is 56.7 Å². The number of nitrogens with one attached hydrogen (secondary N) is 1. The van der Waals surface area contributed by atoms with Crippen LogP contribution in [-0.2, 0) is 0 Å². The van der Waals surface area contributed by atoms with Gasteiger partial charge in [-0.05, 0) is 97.2 Å². The highest BCUT2D eigenvalue weighted by Gasteiger charge is 2.35. The van der Waals surface area contributed by atoms with Gasteiger partial charge < -0.3 is 9.64 Å². The van der Waals surface area contributed by atoms with Crippen molar-refractivity contribution in [3.63, 3.8) is 0 Å². The van der Waals surface area contributed by atoms with Gasteiger partial charge in [0.1, 0.15) is 5.75 Å². The molecule has 2 aromatic rings. The lowest BCUT2D eigenvalue weighted by Crippen LogP contribution is -2.48. The second-order valence-corrected chi connectivity index (χ2v) is 9.19. The zero-order chi connectivity index (χ0) is 21.2. The van der Waals surface area contributed by atoms with Gasteiger partial charge in [-0.3, -0.25) is 4.79 Å². The Hall–Kier alpha value is -2.09. The summed E-state index contributed by atoms with van der Waals surface area (Å²) in [5, 5.41) is 4.16. The van der Waals surface area contributed by atoms with E-state index in [2.05, 4.69) is 83.9 Å². The fraction of sp³-hybridized carbons (Fsp3) is 0.391. The van der Waals surface area contributed by atoms with Crippen LogP contribution >= 0.6 is 22.6 Å². The molecule has 0 radical (unpaired) electrons. The lowest BCUT2D eigenvalue weighted by molar-refractivity contribution is 0.0954. The number of hydrogen-bond acceptors (Lipinski definition) is 4. The SMILES string of the molecule is CCN1c2ccc(/C=N/NC(=O)c3ccc(I)c(OC)c3)cc2[C@@H](C)CC1(C)C. The lowest BCUT2D eigenvalue weighted by Gasteiger charge is -2.47. The minimum atomic E-state index is -0.263. The van der Waals surface area contributed by atoms with E-state index in [1.807, 2.05) is 6.07 Å². The monoisotopic (exact) mass is 505 g/mol. The number of carbonyl (C=O) groups excluding carboxylic acids is 1. The van der Waals surface area contributed by atoms with Crippen LogP contribution in [0.1, 0.15) is 61.5 Å². The van der Waals surface area contributed by atoms with Crippen LogP contribution in [0.5, 0.6) is 5.75 Å². The first-order valence-corrected chi connectivity index (χ1v) is 10.9. The molecule has 0 saturated heterocycles. The van der Waals surface area contributed by atoms with Gasteiger partial charge in [0.15, 0.2) is 0 Å². The van der Waals surface area contributed by atoms with Crippen molar-refractivity contribution in [2.24, 2.45) is 5.10 Å². The number of halogens is 1. The van der Waals surface area contributed by atoms with Crippen LogP contribution in [0.15, 0.2) is 41.5 Å². The van der Waals surface area contributed by atoms with Crippen molar-refractivity contribution in [2.75, 3.05) is 18.6 Å². The number of amides is 1. The number of methoxy groups -OCH3 is 1. The molecule has 3 rings (SSSR count). The second-order valence-electron chi connectivity index (χ2n) is 8.03. The molecule has 0 spiro atoms. The molecule has 6 heteroatoms. The van der Waals surface area contributed by atoms with E-state index in [1.54, 1.807) is 25.5 Å². The molecule has 154 valence electrons. The Balaban J connectivity index is 1.75. The predicted molar refractivity (Wildman–Crippen MR) is 127 cm³/mol. The number of hydrogen-bond donors (Lipinski definition) is 1. The van der Waals surface area contributed by atoms with E-state index in [9.17, 15) is 4.79 Å². The molecule has 2 aromatic carbocycles. The van der Waals surface area contributed by atoms with E-state index in [4.69, 9.17) is 4.74 Å². The average molecular weight is 505 g/mol. The fourth-order valence-corrected chi connectivity index (χ4v) is 4.77. The summed E-state index contributed by atoms with van der Waals surface area (Å²) in [7, 11) is 1.59. The van der Waals surface area contributed by atoms with Crippen LogP contribution in [0.2, 0.25) is 0 Å². The first kappa shape index (κ1) is 21.6. The summed E-state index contributed by atoms with van der Waals surface area (Å²) in [6.07, 6.45) is 2.81. The molecule has 5 nitrogen and oxygen atoms in total. The smallest absolute Gasteiger partial charge is 0.271 e. The molecule has 1 heterocycles. The summed E-state index contributed by atoms with van der Waals surface area (Å²) in [5.74, 6) is 0.889. The van der Waals surface area contributed by atoms with Crippen LogP contribution in [-0.4, -0.2) is 31.3 Å². The number of anilines is 1. The molecule has 0 unspecified atom stereocenters. The number of ether oxygens (including phenoxy) is 1. The topological polar surface area (TPSA) is 53.9 Å². The average Bonchev–Trinajstić information content (AvgIpc) is 2.68. The number of hydrazone groups is 1. The molecule has 1 atom stereocenters. The quantitative estimate of drug-likeness (QED) is 0.347. The Labute approximate surface area is 186 Å². The Morgan fingerprint density at radius 2 is 2.10 bits per heavy atom. The molecule has 1 aliphatic heterocycles. The molecule has 0 fully saturated rings. The number of benzene rings is 2. The summed E-state index contributed by atoms with van der Waals surface area (Å²) in [6.45, 7) is 10.1. The molecule has 0 bridgehead atoms. The summed E-state index contributed by atoms with van der Waals surface area (Å²) < 4.78 is 6.23. The van der Waals surface area contributed by atoms with Crippen LogP contribution in [0.4, 0.5) is 5.69 Å². The van der Waals surface area contributed by atoms with Crippen LogP contribution < -0.4 is 15.1 Å². The fourth-order valence-electron chi connectivity index (χ4n) is 4.22. The molecule has 1 amide bonds. The van der Waals surface area contributed by atoms with Gasteiger partial charge in [0, 0.05) is 23.3 Å². The number of fused-ring (bicyclic) bond motifs is 1. The van der Waals surface area contributed by atoms with Crippen molar-refractivity contribution in [1.29, 1.82) is 0 Å². The van der Waals surface area contributed by atoms with Crippen LogP contribution in [0.3, 0.4) is 0 Å². The molecular weight excluding hydrogens is 477 g/mol. The van der Waals surface area contributed by atoms with E-state index < -0.39 is 0 Å². The summed E-state index contributed by atoms with van der Waals surface area (Å²) in [6, 6.07) is 11.7. The maximum Gasteiger partial charge on any atom is 0.271 e. The van der Waals surface area contributed by atoms with E-state index in [0.29, 0.717) is 17.2 Å². The Morgan fingerprint density at radius 1 is 1.34 bits per heavy atom. The summed E-state index contributed by atoms with van der Waals surface area (Å²) in [4.78, 5) is 14.8. The highest BCUT2D eigenvalue weighted by Crippen LogP contribution is 2.43. The Bertz CT molecular complexity index is 940. The zero-order valence-electron chi connectivity index (χ0n) is 17.6. The lowest BCUT2D eigenvalue weighted by atomic mass is 9.79. The predicted octanol–water partition coefficient (Wildman–Crippen LogP) is 5.18. The van der Waals surface area contributed by atoms with Crippen molar-refractivity contribution in [3.8, 4) is 5.75 Å². The minimum Gasteiger partial charge on any atom is -0.496 e. The molecule has 29 heavy (non-hydrogen) atoms. The summed E-state index contributed by atoms with van der Waals surface area (Å²) >= 11 is 2.17. The first-order valence-electron chi connectivity index (χ1n) is 9.85. The maximum atomic E-state index is 12.4. The molecule has 1 aliphatic rings. The van der Waals surface area contributed by atoms with Gasteiger partial charge in [0.25, 0.3) is 5.91 Å². The third-order valence-electron chi connectivity index (χ3n) is 5.52. The van der Waals surface area contributed by atoms with E-state index in [-0.39, 0.29) is 11.4 Å². The maximum absolute atomic E-state index is 12.4. The van der Waals surface area contributed by atoms with E-state index >= 15 is 0 Å². The highest BCUT2D eigenvalue weighted by atomic mass is 127. The van der Waals surface area contributed by atoms with Crippen LogP contribution in [0, 0.1) is 3.57 Å². The largest absolute Gasteiger partial charge is 0.496 e. The molecule has 0 aromatic heterocycles. The van der Waals surface area contributed by atoms with E-state index in [1.165, 1.54) is 11.3 Å². The van der Waals surface area contributed by atoms with Gasteiger partial charge in [-0.15, -0.1) is 0 Å². The molecule has 0 aliphatic carbocycles. The second kappa shape index (κ2) is 8.73. The molecule has 0 saturated carbocycles. The zero-order valence-corrected chi connectivity index (χ0v) is 19.8. The molecule has 1 N–H and O–H groups in total. The van der Waals surface area contributed by atoms with Gasteiger partial charge >= 0.3 is 0 Å². The van der Waals surface area contributed by atoms with Crippen LogP contribution in [0.25, 0.3) is 0 Å². The number of carbonyl (C=O) groups is 1. The number of rotatable bonds is 5. The van der Waals surface area contributed by atoms with Gasteiger partial charge in [0.05, 0.1) is 16.9 Å². The third kappa shape index (κ3) is 4.57. The van der Waals surface area contributed by atoms with Gasteiger partial charge in [-0.25, -0.2) is 5.43 Å². The summed E-state index contributed by atoms with van der Waals surface area (Å²) in [5.41, 5.74) is 6.88. The Kier molecular flexibility index (Phi) is 6.51. The minimum absolute atomic E-state index is 0.152. The Morgan fingerprint density at radius 3 is 2.79 bits per heavy atom. The van der Waals surface area contributed by atoms with E-state index in [0.717, 1.165) is 22.1 Å². The van der Waals surface area contributed by atoms with Gasteiger partial charge in [-0.2, -0.15) is 5.10 Å². The van der Waals surface area contributed by atoms with Crippen molar-refractivity contribution in [1.82, 2.24) is 5.43 Å². The first-order chi connectivity index (χ1) is 13.8. The van der Waals surface area contributed by atoms with Crippen molar-refractivity contribution >= 4 is 40.4 Å². The third-order valence-corrected chi connectivity index (χ3v) is 6.41. The van der Waals surface area contributed by atoms with Crippen molar-refractivity contribution < 1.29 is 9.53 Å². The molecular formula is C23H28IN3O2. The van der Waals surface area contributed by atoms with Crippen molar-refractivity contribution in [2.45, 2.75) is 45.6 Å².